The average molecular weight is 276 g/mol. The van der Waals surface area contributed by atoms with Gasteiger partial charge in [-0.15, -0.1) is 0 Å². The van der Waals surface area contributed by atoms with Crippen LogP contribution in [-0.4, -0.2) is 42.2 Å². The van der Waals surface area contributed by atoms with E-state index in [9.17, 15) is 9.90 Å². The molecular weight excluding hydrogens is 252 g/mol. The summed E-state index contributed by atoms with van der Waals surface area (Å²) in [6.07, 6.45) is 3.37. The number of carboxylic acid groups (broad SMARTS) is 1. The van der Waals surface area contributed by atoms with Crippen molar-refractivity contribution in [1.29, 1.82) is 0 Å². The number of nitrogens with zero attached hydrogens (tertiary/aromatic N) is 1. The maximum atomic E-state index is 11.5. The van der Waals surface area contributed by atoms with Crippen molar-refractivity contribution < 1.29 is 9.90 Å². The highest BCUT2D eigenvalue weighted by Gasteiger charge is 2.25. The number of hydrogen-bond acceptors (Lipinski definition) is 3. The molecule has 110 valence electrons. The molecule has 0 saturated carbocycles. The Morgan fingerprint density at radius 2 is 1.95 bits per heavy atom. The van der Waals surface area contributed by atoms with E-state index in [4.69, 9.17) is 5.73 Å². The van der Waals surface area contributed by atoms with Gasteiger partial charge in [-0.1, -0.05) is 30.3 Å². The van der Waals surface area contributed by atoms with Crippen LogP contribution in [0.1, 0.15) is 30.7 Å². The highest BCUT2D eigenvalue weighted by molar-refractivity contribution is 5.76. The van der Waals surface area contributed by atoms with Crippen molar-refractivity contribution in [2.45, 2.75) is 25.2 Å². The van der Waals surface area contributed by atoms with Crippen LogP contribution in [0.4, 0.5) is 0 Å². The second-order valence-electron chi connectivity index (χ2n) is 5.62. The van der Waals surface area contributed by atoms with Gasteiger partial charge in [-0.2, -0.15) is 0 Å². The third-order valence-electron chi connectivity index (χ3n) is 4.22. The SMILES string of the molecule is NCCC1CCN(CC(C(=O)O)c2ccccc2)CC1. The molecule has 2 rings (SSSR count). The molecule has 0 spiro atoms. The topological polar surface area (TPSA) is 66.6 Å². The number of carbonyl (C=O) groups is 1. The van der Waals surface area contributed by atoms with Gasteiger partial charge < -0.3 is 15.7 Å². The van der Waals surface area contributed by atoms with Crippen molar-refractivity contribution >= 4 is 5.97 Å². The molecule has 1 atom stereocenters. The van der Waals surface area contributed by atoms with Gasteiger partial charge >= 0.3 is 5.97 Å². The van der Waals surface area contributed by atoms with Gasteiger partial charge in [0.15, 0.2) is 0 Å². The first-order valence-corrected chi connectivity index (χ1v) is 7.41. The Morgan fingerprint density at radius 1 is 1.30 bits per heavy atom. The fourth-order valence-electron chi connectivity index (χ4n) is 2.96. The maximum Gasteiger partial charge on any atom is 0.312 e. The quantitative estimate of drug-likeness (QED) is 0.833. The molecule has 1 heterocycles. The first-order chi connectivity index (χ1) is 9.70. The van der Waals surface area contributed by atoms with E-state index in [0.717, 1.165) is 50.4 Å². The van der Waals surface area contributed by atoms with E-state index in [1.165, 1.54) is 0 Å². The molecule has 0 radical (unpaired) electrons. The van der Waals surface area contributed by atoms with Crippen LogP contribution in [0.15, 0.2) is 30.3 Å². The van der Waals surface area contributed by atoms with Gasteiger partial charge in [0.25, 0.3) is 0 Å². The van der Waals surface area contributed by atoms with Crippen molar-refractivity contribution in [1.82, 2.24) is 4.90 Å². The molecule has 0 amide bonds. The summed E-state index contributed by atoms with van der Waals surface area (Å²) in [4.78, 5) is 13.8. The van der Waals surface area contributed by atoms with E-state index in [-0.39, 0.29) is 0 Å². The van der Waals surface area contributed by atoms with Crippen molar-refractivity contribution in [2.24, 2.45) is 11.7 Å². The lowest BCUT2D eigenvalue weighted by molar-refractivity contribution is -0.139. The minimum atomic E-state index is -0.736. The van der Waals surface area contributed by atoms with Crippen LogP contribution >= 0.6 is 0 Å². The fourth-order valence-corrected chi connectivity index (χ4v) is 2.96. The third kappa shape index (κ3) is 4.05. The largest absolute Gasteiger partial charge is 0.481 e. The third-order valence-corrected chi connectivity index (χ3v) is 4.22. The number of likely N-dealkylation sites (tertiary alicyclic amines) is 1. The van der Waals surface area contributed by atoms with Crippen molar-refractivity contribution in [3.05, 3.63) is 35.9 Å². The van der Waals surface area contributed by atoms with Crippen LogP contribution in [0.5, 0.6) is 0 Å². The molecule has 0 bridgehead atoms. The van der Waals surface area contributed by atoms with Crippen molar-refractivity contribution in [3.8, 4) is 0 Å². The van der Waals surface area contributed by atoms with E-state index in [1.54, 1.807) is 0 Å². The summed E-state index contributed by atoms with van der Waals surface area (Å²) in [6, 6.07) is 9.53. The number of carboxylic acids is 1. The maximum absolute atomic E-state index is 11.5. The Kier molecular flexibility index (Phi) is 5.56. The molecule has 1 aromatic carbocycles. The number of rotatable bonds is 6. The monoisotopic (exact) mass is 276 g/mol. The van der Waals surface area contributed by atoms with E-state index >= 15 is 0 Å². The summed E-state index contributed by atoms with van der Waals surface area (Å²) >= 11 is 0. The van der Waals surface area contributed by atoms with Crippen LogP contribution in [0.2, 0.25) is 0 Å². The van der Waals surface area contributed by atoms with Gasteiger partial charge in [0.1, 0.15) is 0 Å². The van der Waals surface area contributed by atoms with Gasteiger partial charge in [-0.05, 0) is 50.4 Å². The second-order valence-corrected chi connectivity index (χ2v) is 5.62. The van der Waals surface area contributed by atoms with Gasteiger partial charge in [0, 0.05) is 6.54 Å². The molecule has 1 aromatic rings. The number of benzene rings is 1. The zero-order valence-electron chi connectivity index (χ0n) is 11.9. The van der Waals surface area contributed by atoms with Crippen LogP contribution in [0.3, 0.4) is 0 Å². The van der Waals surface area contributed by atoms with E-state index in [1.807, 2.05) is 30.3 Å². The van der Waals surface area contributed by atoms with Crippen LogP contribution in [-0.2, 0) is 4.79 Å². The predicted molar refractivity (Wildman–Crippen MR) is 79.7 cm³/mol. The molecule has 0 aromatic heterocycles. The Hall–Kier alpha value is -1.39. The lowest BCUT2D eigenvalue weighted by atomic mass is 9.92. The van der Waals surface area contributed by atoms with Gasteiger partial charge in [0.05, 0.1) is 5.92 Å². The van der Waals surface area contributed by atoms with E-state index in [2.05, 4.69) is 4.90 Å². The summed E-state index contributed by atoms with van der Waals surface area (Å²) in [6.45, 7) is 3.34. The molecule has 1 unspecified atom stereocenters. The number of piperidine rings is 1. The number of hydrogen-bond donors (Lipinski definition) is 2. The van der Waals surface area contributed by atoms with Crippen molar-refractivity contribution in [2.75, 3.05) is 26.2 Å². The summed E-state index contributed by atoms with van der Waals surface area (Å²) in [5.74, 6) is -0.446. The van der Waals surface area contributed by atoms with E-state index < -0.39 is 11.9 Å². The van der Waals surface area contributed by atoms with E-state index in [0.29, 0.717) is 6.54 Å². The Labute approximate surface area is 120 Å². The smallest absolute Gasteiger partial charge is 0.312 e. The van der Waals surface area contributed by atoms with Crippen molar-refractivity contribution in [3.63, 3.8) is 0 Å². The fraction of sp³-hybridized carbons (Fsp3) is 0.562. The Bertz CT molecular complexity index is 414. The molecule has 0 aliphatic carbocycles. The van der Waals surface area contributed by atoms with Crippen LogP contribution in [0, 0.1) is 5.92 Å². The standard InChI is InChI=1S/C16H24N2O2/c17-9-6-13-7-10-18(11-8-13)12-15(16(19)20)14-4-2-1-3-5-14/h1-5,13,15H,6-12,17H2,(H,19,20). The minimum Gasteiger partial charge on any atom is -0.481 e. The number of aliphatic carboxylic acids is 1. The Morgan fingerprint density at radius 3 is 2.50 bits per heavy atom. The average Bonchev–Trinajstić information content (AvgIpc) is 2.47. The van der Waals surface area contributed by atoms with Crippen LogP contribution < -0.4 is 5.73 Å². The molecule has 3 N–H and O–H groups in total. The lowest BCUT2D eigenvalue weighted by Gasteiger charge is -2.33. The molecule has 1 aliphatic rings. The van der Waals surface area contributed by atoms with Gasteiger partial charge in [-0.25, -0.2) is 0 Å². The van der Waals surface area contributed by atoms with Gasteiger partial charge in [-0.3, -0.25) is 4.79 Å². The zero-order valence-corrected chi connectivity index (χ0v) is 11.9. The predicted octanol–water partition coefficient (Wildman–Crippen LogP) is 1.92. The summed E-state index contributed by atoms with van der Waals surface area (Å²) in [5, 5.41) is 9.45. The summed E-state index contributed by atoms with van der Waals surface area (Å²) < 4.78 is 0. The normalized spacial score (nSPS) is 18.9. The molecule has 20 heavy (non-hydrogen) atoms. The summed E-state index contributed by atoms with van der Waals surface area (Å²) in [5.41, 5.74) is 6.49. The van der Waals surface area contributed by atoms with Crippen LogP contribution in [0.25, 0.3) is 0 Å². The highest BCUT2D eigenvalue weighted by atomic mass is 16.4. The first kappa shape index (κ1) is 15.0. The molecule has 1 saturated heterocycles. The molecule has 4 heteroatoms. The zero-order chi connectivity index (χ0) is 14.4. The Balaban J connectivity index is 1.92. The second kappa shape index (κ2) is 7.41. The minimum absolute atomic E-state index is 0.428. The number of nitrogens with two attached hydrogens (primary N) is 1. The van der Waals surface area contributed by atoms with Gasteiger partial charge in [0.2, 0.25) is 0 Å². The molecular formula is C16H24N2O2. The molecule has 1 fully saturated rings. The highest BCUT2D eigenvalue weighted by Crippen LogP contribution is 2.23. The lowest BCUT2D eigenvalue weighted by Crippen LogP contribution is -2.38. The molecule has 1 aliphatic heterocycles. The summed E-state index contributed by atoms with van der Waals surface area (Å²) in [7, 11) is 0. The first-order valence-electron chi connectivity index (χ1n) is 7.41. The molecule has 4 nitrogen and oxygen atoms in total.